The average Bonchev–Trinajstić information content (AvgIpc) is 2.54. The number of carbonyl (C=O) groups excluding carboxylic acids is 1. The maximum Gasteiger partial charge on any atom is 0.322 e. The molecule has 0 unspecified atom stereocenters. The summed E-state index contributed by atoms with van der Waals surface area (Å²) in [5.41, 5.74) is 1.78. The molecule has 7 heteroatoms. The van der Waals surface area contributed by atoms with Crippen LogP contribution in [0.5, 0.6) is 5.75 Å². The summed E-state index contributed by atoms with van der Waals surface area (Å²) in [5, 5.41) is 5.68. The smallest absolute Gasteiger partial charge is 0.322 e. The average molecular weight is 327 g/mol. The number of para-hydroxylation sites is 1. The van der Waals surface area contributed by atoms with E-state index in [1.807, 2.05) is 56.3 Å². The van der Waals surface area contributed by atoms with Crippen molar-refractivity contribution < 1.29 is 9.53 Å². The van der Waals surface area contributed by atoms with E-state index in [0.717, 1.165) is 29.2 Å². The number of carbonyl (C=O) groups is 1. The van der Waals surface area contributed by atoms with E-state index in [1.54, 1.807) is 0 Å². The van der Waals surface area contributed by atoms with E-state index in [-0.39, 0.29) is 18.0 Å². The zero-order valence-corrected chi connectivity index (χ0v) is 14.0. The number of fused-ring (bicyclic) bond motifs is 1. The Morgan fingerprint density at radius 1 is 1.29 bits per heavy atom. The normalized spacial score (nSPS) is 15.9. The largest absolute Gasteiger partial charge is 0.493 e. The first-order valence-electron chi connectivity index (χ1n) is 7.85. The van der Waals surface area contributed by atoms with Gasteiger partial charge in [-0.3, -0.25) is 5.32 Å². The molecule has 2 aromatic rings. The second-order valence-corrected chi connectivity index (χ2v) is 5.91. The lowest BCUT2D eigenvalue weighted by atomic mass is 10.0. The summed E-state index contributed by atoms with van der Waals surface area (Å²) < 4.78 is 5.61. The van der Waals surface area contributed by atoms with E-state index >= 15 is 0 Å². The molecular formula is C17H21N5O2. The Kier molecular flexibility index (Phi) is 4.50. The molecule has 3 rings (SSSR count). The highest BCUT2D eigenvalue weighted by Crippen LogP contribution is 2.31. The number of anilines is 2. The van der Waals surface area contributed by atoms with E-state index in [0.29, 0.717) is 6.61 Å². The molecule has 1 atom stereocenters. The van der Waals surface area contributed by atoms with Crippen LogP contribution in [0.2, 0.25) is 0 Å². The van der Waals surface area contributed by atoms with Crippen LogP contribution in [0, 0.1) is 6.92 Å². The number of nitrogens with zero attached hydrogens (tertiary/aromatic N) is 3. The van der Waals surface area contributed by atoms with Crippen LogP contribution in [0.3, 0.4) is 0 Å². The maximum absolute atomic E-state index is 12.3. The third kappa shape index (κ3) is 3.56. The van der Waals surface area contributed by atoms with Gasteiger partial charge in [-0.2, -0.15) is 4.98 Å². The van der Waals surface area contributed by atoms with Crippen molar-refractivity contribution in [3.8, 4) is 5.75 Å². The topological polar surface area (TPSA) is 79.4 Å². The van der Waals surface area contributed by atoms with Crippen LogP contribution in [-0.2, 0) is 0 Å². The first-order chi connectivity index (χ1) is 11.5. The van der Waals surface area contributed by atoms with E-state index in [4.69, 9.17) is 4.74 Å². The van der Waals surface area contributed by atoms with Gasteiger partial charge in [0, 0.05) is 37.8 Å². The van der Waals surface area contributed by atoms with Gasteiger partial charge in [-0.05, 0) is 13.0 Å². The van der Waals surface area contributed by atoms with E-state index < -0.39 is 0 Å². The van der Waals surface area contributed by atoms with Gasteiger partial charge in [0.1, 0.15) is 11.6 Å². The number of hydrogen-bond acceptors (Lipinski definition) is 5. The van der Waals surface area contributed by atoms with Crippen LogP contribution in [0.15, 0.2) is 30.3 Å². The fourth-order valence-corrected chi connectivity index (χ4v) is 2.62. The zero-order chi connectivity index (χ0) is 17.1. The van der Waals surface area contributed by atoms with Gasteiger partial charge in [0.2, 0.25) is 5.95 Å². The number of benzene rings is 1. The quantitative estimate of drug-likeness (QED) is 0.905. The Morgan fingerprint density at radius 2 is 2.08 bits per heavy atom. The molecule has 1 aromatic heterocycles. The van der Waals surface area contributed by atoms with Gasteiger partial charge in [0.25, 0.3) is 0 Å². The van der Waals surface area contributed by atoms with Crippen molar-refractivity contribution in [1.82, 2.24) is 15.3 Å². The first kappa shape index (κ1) is 16.0. The minimum Gasteiger partial charge on any atom is -0.493 e. The van der Waals surface area contributed by atoms with Crippen LogP contribution in [0.1, 0.15) is 23.7 Å². The van der Waals surface area contributed by atoms with Gasteiger partial charge in [-0.15, -0.1) is 0 Å². The maximum atomic E-state index is 12.3. The standard InChI is InChI=1S/C17H21N5O2/c1-11-10-15(22(2)3)20-16(18-11)21-17(23)19-13-8-9-24-14-7-5-4-6-12(13)14/h4-7,10,13H,8-9H2,1-3H3,(H2,18,19,20,21,23)/t13-/m0/s1. The summed E-state index contributed by atoms with van der Waals surface area (Å²) in [6.45, 7) is 2.44. The predicted molar refractivity (Wildman–Crippen MR) is 92.5 cm³/mol. The molecular weight excluding hydrogens is 306 g/mol. The molecule has 2 heterocycles. The number of urea groups is 1. The minimum atomic E-state index is -0.327. The molecule has 24 heavy (non-hydrogen) atoms. The summed E-state index contributed by atoms with van der Waals surface area (Å²) >= 11 is 0. The van der Waals surface area contributed by atoms with Crippen molar-refractivity contribution in [2.24, 2.45) is 0 Å². The number of aryl methyl sites for hydroxylation is 1. The first-order valence-corrected chi connectivity index (χ1v) is 7.85. The highest BCUT2D eigenvalue weighted by Gasteiger charge is 2.22. The lowest BCUT2D eigenvalue weighted by molar-refractivity contribution is 0.232. The monoisotopic (exact) mass is 327 g/mol. The Balaban J connectivity index is 1.71. The summed E-state index contributed by atoms with van der Waals surface area (Å²) in [6.07, 6.45) is 0.724. The molecule has 0 bridgehead atoms. The van der Waals surface area contributed by atoms with Crippen LogP contribution < -0.4 is 20.3 Å². The van der Waals surface area contributed by atoms with Crippen molar-refractivity contribution in [1.29, 1.82) is 0 Å². The molecule has 2 N–H and O–H groups in total. The molecule has 0 spiro atoms. The second-order valence-electron chi connectivity index (χ2n) is 5.91. The van der Waals surface area contributed by atoms with Gasteiger partial charge in [0.05, 0.1) is 12.6 Å². The van der Waals surface area contributed by atoms with Gasteiger partial charge < -0.3 is 15.0 Å². The minimum absolute atomic E-state index is 0.0897. The molecule has 1 aromatic carbocycles. The molecule has 126 valence electrons. The summed E-state index contributed by atoms with van der Waals surface area (Å²) in [5.74, 6) is 1.85. The fourth-order valence-electron chi connectivity index (χ4n) is 2.62. The van der Waals surface area contributed by atoms with Gasteiger partial charge >= 0.3 is 6.03 Å². The molecule has 1 aliphatic rings. The van der Waals surface area contributed by atoms with Crippen LogP contribution >= 0.6 is 0 Å². The highest BCUT2D eigenvalue weighted by atomic mass is 16.5. The Bertz CT molecular complexity index is 748. The van der Waals surface area contributed by atoms with E-state index in [2.05, 4.69) is 20.6 Å². The van der Waals surface area contributed by atoms with E-state index in [1.165, 1.54) is 0 Å². The third-order valence-electron chi connectivity index (χ3n) is 3.79. The Labute approximate surface area is 141 Å². The highest BCUT2D eigenvalue weighted by molar-refractivity contribution is 5.88. The summed E-state index contributed by atoms with van der Waals surface area (Å²) in [6, 6.07) is 9.18. The lowest BCUT2D eigenvalue weighted by Gasteiger charge is -2.26. The summed E-state index contributed by atoms with van der Waals surface area (Å²) in [4.78, 5) is 22.8. The van der Waals surface area contributed by atoms with Crippen LogP contribution in [-0.4, -0.2) is 36.7 Å². The Hall–Kier alpha value is -2.83. The molecule has 0 saturated heterocycles. The number of nitrogens with one attached hydrogen (secondary N) is 2. The Morgan fingerprint density at radius 3 is 2.88 bits per heavy atom. The van der Waals surface area contributed by atoms with Crippen molar-refractivity contribution in [3.63, 3.8) is 0 Å². The number of amides is 2. The SMILES string of the molecule is Cc1cc(N(C)C)nc(NC(=O)N[C@H]2CCOc3ccccc32)n1. The van der Waals surface area contributed by atoms with Crippen molar-refractivity contribution in [3.05, 3.63) is 41.6 Å². The van der Waals surface area contributed by atoms with Gasteiger partial charge in [0.15, 0.2) is 0 Å². The van der Waals surface area contributed by atoms with Crippen molar-refractivity contribution in [2.75, 3.05) is 30.9 Å². The number of hydrogen-bond donors (Lipinski definition) is 2. The fraction of sp³-hybridized carbons (Fsp3) is 0.353. The van der Waals surface area contributed by atoms with Crippen LogP contribution in [0.25, 0.3) is 0 Å². The number of aromatic nitrogens is 2. The van der Waals surface area contributed by atoms with Crippen LogP contribution in [0.4, 0.5) is 16.6 Å². The molecule has 1 aliphatic heterocycles. The third-order valence-corrected chi connectivity index (χ3v) is 3.79. The molecule has 0 aliphatic carbocycles. The van der Waals surface area contributed by atoms with Gasteiger partial charge in [-0.1, -0.05) is 18.2 Å². The van der Waals surface area contributed by atoms with Crippen molar-refractivity contribution >= 4 is 17.8 Å². The molecule has 0 fully saturated rings. The van der Waals surface area contributed by atoms with E-state index in [9.17, 15) is 4.79 Å². The van der Waals surface area contributed by atoms with Crippen molar-refractivity contribution in [2.45, 2.75) is 19.4 Å². The predicted octanol–water partition coefficient (Wildman–Crippen LogP) is 2.50. The molecule has 0 saturated carbocycles. The number of ether oxygens (including phenoxy) is 1. The zero-order valence-electron chi connectivity index (χ0n) is 14.0. The molecule has 7 nitrogen and oxygen atoms in total. The lowest BCUT2D eigenvalue weighted by Crippen LogP contribution is -2.35. The molecule has 0 radical (unpaired) electrons. The summed E-state index contributed by atoms with van der Waals surface area (Å²) in [7, 11) is 3.79. The molecule has 2 amide bonds. The second kappa shape index (κ2) is 6.74. The number of rotatable bonds is 3. The van der Waals surface area contributed by atoms with Gasteiger partial charge in [-0.25, -0.2) is 9.78 Å².